The predicted octanol–water partition coefficient (Wildman–Crippen LogP) is 0.619. The van der Waals surface area contributed by atoms with Crippen molar-refractivity contribution in [2.24, 2.45) is 0 Å². The van der Waals surface area contributed by atoms with Crippen molar-refractivity contribution < 1.29 is 4.79 Å². The fourth-order valence-electron chi connectivity index (χ4n) is 0. The molecule has 0 saturated heterocycles. The smallest absolute Gasteiger partial charge is 0.233 e. The van der Waals surface area contributed by atoms with Crippen molar-refractivity contribution in [2.45, 2.75) is 6.92 Å². The van der Waals surface area contributed by atoms with E-state index < -0.39 is 0 Å². The summed E-state index contributed by atoms with van der Waals surface area (Å²) in [5.74, 6) is -0.142. The van der Waals surface area contributed by atoms with E-state index in [9.17, 15) is 4.79 Å². The highest BCUT2D eigenvalue weighted by Crippen LogP contribution is 1.84. The van der Waals surface area contributed by atoms with E-state index in [1.165, 1.54) is 14.0 Å². The summed E-state index contributed by atoms with van der Waals surface area (Å²) in [5, 5.41) is 0. The molecule has 0 aliphatic carbocycles. The van der Waals surface area contributed by atoms with Gasteiger partial charge in [-0.05, 0) is 0 Å². The van der Waals surface area contributed by atoms with E-state index in [4.69, 9.17) is 11.8 Å². The summed E-state index contributed by atoms with van der Waals surface area (Å²) in [5.41, 5.74) is 0. The fraction of sp³-hybridized carbons (Fsp3) is 0.667. The van der Waals surface area contributed by atoms with Gasteiger partial charge >= 0.3 is 0 Å². The maximum absolute atomic E-state index is 9.94. The maximum atomic E-state index is 9.94. The number of carbonyl (C=O) groups is 1. The molecule has 0 aliphatic rings. The van der Waals surface area contributed by atoms with Crippen LogP contribution in [-0.4, -0.2) is 17.4 Å². The summed E-state index contributed by atoms with van der Waals surface area (Å²) in [4.78, 5) is 9.94. The lowest BCUT2D eigenvalue weighted by Gasteiger charge is -1.97. The molecule has 0 bridgehead atoms. The lowest BCUT2D eigenvalue weighted by Crippen LogP contribution is -2.10. The molecular formula is C3H6ClNO. The van der Waals surface area contributed by atoms with Crippen LogP contribution in [0.2, 0.25) is 0 Å². The minimum Gasteiger partial charge on any atom is -0.274 e. The van der Waals surface area contributed by atoms with Crippen LogP contribution in [-0.2, 0) is 4.79 Å². The standard InChI is InChI=1S/C3H6ClNO/c1-3(6)5(2)4/h1-2H3. The largest absolute Gasteiger partial charge is 0.274 e. The molecule has 0 spiro atoms. The number of nitrogens with zero attached hydrogens (tertiary/aromatic N) is 1. The van der Waals surface area contributed by atoms with Gasteiger partial charge in [0.15, 0.2) is 0 Å². The Kier molecular flexibility index (Phi) is 1.95. The Labute approximate surface area is 41.8 Å². The summed E-state index contributed by atoms with van der Waals surface area (Å²) in [6, 6.07) is 0. The van der Waals surface area contributed by atoms with E-state index >= 15 is 0 Å². The van der Waals surface area contributed by atoms with Crippen LogP contribution in [0, 0.1) is 0 Å². The van der Waals surface area contributed by atoms with E-state index in [1.54, 1.807) is 0 Å². The van der Waals surface area contributed by atoms with Gasteiger partial charge in [-0.15, -0.1) is 0 Å². The number of rotatable bonds is 0. The molecule has 0 aromatic carbocycles. The van der Waals surface area contributed by atoms with E-state index in [2.05, 4.69) is 0 Å². The van der Waals surface area contributed by atoms with E-state index in [0.717, 1.165) is 4.42 Å². The normalized spacial score (nSPS) is 7.83. The first-order valence-electron chi connectivity index (χ1n) is 1.54. The molecule has 0 fully saturated rings. The summed E-state index contributed by atoms with van der Waals surface area (Å²) in [6.45, 7) is 1.40. The predicted molar refractivity (Wildman–Crippen MR) is 24.3 cm³/mol. The molecule has 0 heterocycles. The Balaban J connectivity index is 3.26. The summed E-state index contributed by atoms with van der Waals surface area (Å²) >= 11 is 5.10. The Morgan fingerprint density at radius 1 is 1.83 bits per heavy atom. The molecule has 0 unspecified atom stereocenters. The molecule has 0 atom stereocenters. The molecule has 36 valence electrons. The van der Waals surface area contributed by atoms with E-state index in [1.807, 2.05) is 0 Å². The van der Waals surface area contributed by atoms with Gasteiger partial charge in [-0.2, -0.15) is 0 Å². The lowest BCUT2D eigenvalue weighted by atomic mass is 10.7. The van der Waals surface area contributed by atoms with Crippen molar-refractivity contribution in [1.82, 2.24) is 4.42 Å². The maximum Gasteiger partial charge on any atom is 0.233 e. The van der Waals surface area contributed by atoms with Gasteiger partial charge in [-0.3, -0.25) is 9.21 Å². The number of carbonyl (C=O) groups excluding carboxylic acids is 1. The zero-order chi connectivity index (χ0) is 5.15. The molecule has 0 rings (SSSR count). The first-order valence-corrected chi connectivity index (χ1v) is 1.88. The Bertz CT molecular complexity index is 61.8. The molecule has 1 amide bonds. The molecule has 0 aliphatic heterocycles. The SMILES string of the molecule is CC(=O)N(C)Cl. The monoisotopic (exact) mass is 107 g/mol. The van der Waals surface area contributed by atoms with Crippen LogP contribution in [0.15, 0.2) is 0 Å². The van der Waals surface area contributed by atoms with E-state index in [0.29, 0.717) is 0 Å². The summed E-state index contributed by atoms with van der Waals surface area (Å²) < 4.78 is 1.00. The van der Waals surface area contributed by atoms with Gasteiger partial charge in [0, 0.05) is 25.7 Å². The average molecular weight is 108 g/mol. The summed E-state index contributed by atoms with van der Waals surface area (Å²) in [6.07, 6.45) is 0. The van der Waals surface area contributed by atoms with Crippen LogP contribution in [0.1, 0.15) is 6.92 Å². The third-order valence-electron chi connectivity index (χ3n) is 0.434. The fourth-order valence-corrected chi connectivity index (χ4v) is 0. The molecule has 3 heteroatoms. The van der Waals surface area contributed by atoms with Gasteiger partial charge in [-0.1, -0.05) is 0 Å². The van der Waals surface area contributed by atoms with Gasteiger partial charge in [0.1, 0.15) is 0 Å². The minimum atomic E-state index is -0.142. The first kappa shape index (κ1) is 5.76. The molecule has 6 heavy (non-hydrogen) atoms. The van der Waals surface area contributed by atoms with Gasteiger partial charge < -0.3 is 0 Å². The molecule has 2 nitrogen and oxygen atoms in total. The Morgan fingerprint density at radius 2 is 2.00 bits per heavy atom. The topological polar surface area (TPSA) is 20.3 Å². The highest BCUT2D eigenvalue weighted by Gasteiger charge is 1.91. The number of halogens is 1. The molecule has 0 aromatic heterocycles. The Morgan fingerprint density at radius 3 is 2.00 bits per heavy atom. The first-order chi connectivity index (χ1) is 2.64. The summed E-state index contributed by atoms with van der Waals surface area (Å²) in [7, 11) is 1.49. The van der Waals surface area contributed by atoms with Crippen LogP contribution < -0.4 is 0 Å². The van der Waals surface area contributed by atoms with E-state index in [-0.39, 0.29) is 5.91 Å². The molecule has 0 N–H and O–H groups in total. The van der Waals surface area contributed by atoms with Gasteiger partial charge in [0.05, 0.1) is 0 Å². The zero-order valence-corrected chi connectivity index (χ0v) is 4.49. The Hall–Kier alpha value is -0.240. The lowest BCUT2D eigenvalue weighted by molar-refractivity contribution is -0.123. The van der Waals surface area contributed by atoms with Crippen molar-refractivity contribution in [2.75, 3.05) is 7.05 Å². The second-order valence-electron chi connectivity index (χ2n) is 0.996. The van der Waals surface area contributed by atoms with Crippen molar-refractivity contribution in [1.29, 1.82) is 0 Å². The van der Waals surface area contributed by atoms with Crippen LogP contribution >= 0.6 is 11.8 Å². The second-order valence-corrected chi connectivity index (χ2v) is 1.50. The van der Waals surface area contributed by atoms with Crippen molar-refractivity contribution in [3.8, 4) is 0 Å². The minimum absolute atomic E-state index is 0.142. The molecule has 0 radical (unpaired) electrons. The number of hydrogen-bond acceptors (Lipinski definition) is 1. The number of hydrogen-bond donors (Lipinski definition) is 0. The zero-order valence-electron chi connectivity index (χ0n) is 3.73. The average Bonchev–Trinajstić information content (AvgIpc) is 1.36. The molecular weight excluding hydrogens is 101 g/mol. The van der Waals surface area contributed by atoms with Crippen LogP contribution in [0.4, 0.5) is 0 Å². The highest BCUT2D eigenvalue weighted by molar-refractivity contribution is 6.20. The number of amides is 1. The quantitative estimate of drug-likeness (QED) is 0.416. The van der Waals surface area contributed by atoms with Crippen molar-refractivity contribution in [3.05, 3.63) is 0 Å². The van der Waals surface area contributed by atoms with Gasteiger partial charge in [0.25, 0.3) is 0 Å². The van der Waals surface area contributed by atoms with Crippen molar-refractivity contribution in [3.63, 3.8) is 0 Å². The van der Waals surface area contributed by atoms with Crippen LogP contribution in [0.25, 0.3) is 0 Å². The van der Waals surface area contributed by atoms with Crippen molar-refractivity contribution >= 4 is 17.7 Å². The third-order valence-corrected chi connectivity index (χ3v) is 0.672. The third kappa shape index (κ3) is 2.03. The van der Waals surface area contributed by atoms with Crippen LogP contribution in [0.3, 0.4) is 0 Å². The van der Waals surface area contributed by atoms with Gasteiger partial charge in [0.2, 0.25) is 5.91 Å². The highest BCUT2D eigenvalue weighted by atomic mass is 35.5. The molecule has 0 aromatic rings. The molecule has 0 saturated carbocycles. The second kappa shape index (κ2) is 2.03. The van der Waals surface area contributed by atoms with Gasteiger partial charge in [-0.25, -0.2) is 0 Å². The van der Waals surface area contributed by atoms with Crippen LogP contribution in [0.5, 0.6) is 0 Å².